The lowest BCUT2D eigenvalue weighted by atomic mass is 9.91. The summed E-state index contributed by atoms with van der Waals surface area (Å²) in [5.41, 5.74) is 1.51. The molecule has 0 spiro atoms. The Bertz CT molecular complexity index is 556. The van der Waals surface area contributed by atoms with Gasteiger partial charge in [0, 0.05) is 31.6 Å². The number of hydrogen-bond donors (Lipinski definition) is 1. The lowest BCUT2D eigenvalue weighted by Crippen LogP contribution is -2.41. The van der Waals surface area contributed by atoms with Gasteiger partial charge in [-0.15, -0.1) is 0 Å². The van der Waals surface area contributed by atoms with Gasteiger partial charge in [0.2, 0.25) is 0 Å². The van der Waals surface area contributed by atoms with Gasteiger partial charge in [-0.2, -0.15) is 0 Å². The first-order valence-electron chi connectivity index (χ1n) is 6.84. The van der Waals surface area contributed by atoms with Gasteiger partial charge in [-0.25, -0.2) is 9.97 Å². The van der Waals surface area contributed by atoms with Crippen LogP contribution in [0.25, 0.3) is 11.2 Å². The quantitative estimate of drug-likeness (QED) is 0.885. The molecule has 0 amide bonds. The van der Waals surface area contributed by atoms with Crippen LogP contribution in [0, 0.1) is 0 Å². The van der Waals surface area contributed by atoms with Crippen LogP contribution in [-0.4, -0.2) is 39.3 Å². The maximum absolute atomic E-state index is 9.04. The Morgan fingerprint density at radius 2 is 2.05 bits per heavy atom. The van der Waals surface area contributed by atoms with Gasteiger partial charge >= 0.3 is 0 Å². The number of fused-ring (bicyclic) bond motifs is 1. The molecule has 1 fully saturated rings. The van der Waals surface area contributed by atoms with E-state index in [-0.39, 0.29) is 6.61 Å². The van der Waals surface area contributed by atoms with Crippen molar-refractivity contribution in [2.45, 2.75) is 31.7 Å². The molecule has 2 heterocycles. The topological polar surface area (TPSA) is 62.1 Å². The normalized spacial score (nSPS) is 15.4. The molecular weight excluding hydrogens is 240 g/mol. The Morgan fingerprint density at radius 1 is 1.21 bits per heavy atom. The monoisotopic (exact) mass is 258 g/mol. The van der Waals surface area contributed by atoms with Crippen LogP contribution in [0.15, 0.2) is 24.5 Å². The van der Waals surface area contributed by atoms with Crippen molar-refractivity contribution in [2.75, 3.05) is 18.1 Å². The van der Waals surface area contributed by atoms with Crippen LogP contribution in [0.3, 0.4) is 0 Å². The zero-order chi connectivity index (χ0) is 13.1. The van der Waals surface area contributed by atoms with Crippen LogP contribution in [0.2, 0.25) is 0 Å². The summed E-state index contributed by atoms with van der Waals surface area (Å²) < 4.78 is 0. The molecule has 0 aromatic carbocycles. The standard InChI is InChI=1S/C14H18N4O/c19-10-2-9-18(11-3-1-4-11)13-6-5-12-14(17-13)16-8-7-15-12/h5-8,11,19H,1-4,9-10H2. The average molecular weight is 258 g/mol. The zero-order valence-corrected chi connectivity index (χ0v) is 10.9. The predicted octanol–water partition coefficient (Wildman–Crippen LogP) is 1.77. The second-order valence-corrected chi connectivity index (χ2v) is 4.92. The van der Waals surface area contributed by atoms with E-state index < -0.39 is 0 Å². The molecule has 0 atom stereocenters. The Morgan fingerprint density at radius 3 is 2.79 bits per heavy atom. The third-order valence-electron chi connectivity index (χ3n) is 3.68. The maximum Gasteiger partial charge on any atom is 0.180 e. The van der Waals surface area contributed by atoms with Crippen molar-refractivity contribution in [1.82, 2.24) is 15.0 Å². The smallest absolute Gasteiger partial charge is 0.180 e. The number of pyridine rings is 1. The molecule has 5 nitrogen and oxygen atoms in total. The van der Waals surface area contributed by atoms with E-state index in [4.69, 9.17) is 5.11 Å². The molecule has 0 radical (unpaired) electrons. The van der Waals surface area contributed by atoms with Gasteiger partial charge in [-0.05, 0) is 37.8 Å². The van der Waals surface area contributed by atoms with Gasteiger partial charge in [-0.1, -0.05) is 0 Å². The Balaban J connectivity index is 1.89. The molecule has 3 rings (SSSR count). The maximum atomic E-state index is 9.04. The largest absolute Gasteiger partial charge is 0.396 e. The van der Waals surface area contributed by atoms with Crippen molar-refractivity contribution in [2.24, 2.45) is 0 Å². The summed E-state index contributed by atoms with van der Waals surface area (Å²) in [5, 5.41) is 9.04. The van der Waals surface area contributed by atoms with Crippen LogP contribution in [0.4, 0.5) is 5.82 Å². The fourth-order valence-electron chi connectivity index (χ4n) is 2.43. The Labute approximate surface area is 112 Å². The molecule has 2 aromatic rings. The summed E-state index contributed by atoms with van der Waals surface area (Å²) in [6.07, 6.45) is 7.83. The first kappa shape index (κ1) is 12.3. The fraction of sp³-hybridized carbons (Fsp3) is 0.500. The lowest BCUT2D eigenvalue weighted by molar-refractivity contribution is 0.282. The fourth-order valence-corrected chi connectivity index (χ4v) is 2.43. The molecular formula is C14H18N4O. The number of aliphatic hydroxyl groups excluding tert-OH is 1. The van der Waals surface area contributed by atoms with Crippen molar-refractivity contribution in [1.29, 1.82) is 0 Å². The van der Waals surface area contributed by atoms with E-state index in [9.17, 15) is 0 Å². The lowest BCUT2D eigenvalue weighted by Gasteiger charge is -2.38. The van der Waals surface area contributed by atoms with E-state index in [1.807, 2.05) is 12.1 Å². The van der Waals surface area contributed by atoms with E-state index in [1.165, 1.54) is 19.3 Å². The summed E-state index contributed by atoms with van der Waals surface area (Å²) in [6, 6.07) is 4.54. The molecule has 0 saturated heterocycles. The summed E-state index contributed by atoms with van der Waals surface area (Å²) in [5.74, 6) is 0.950. The second-order valence-electron chi connectivity index (χ2n) is 4.92. The molecule has 1 saturated carbocycles. The number of aliphatic hydroxyl groups is 1. The number of aromatic nitrogens is 3. The van der Waals surface area contributed by atoms with Crippen LogP contribution in [0.1, 0.15) is 25.7 Å². The molecule has 1 aliphatic rings. The van der Waals surface area contributed by atoms with Crippen molar-refractivity contribution in [3.8, 4) is 0 Å². The number of hydrogen-bond acceptors (Lipinski definition) is 5. The van der Waals surface area contributed by atoms with E-state index in [2.05, 4.69) is 19.9 Å². The van der Waals surface area contributed by atoms with Crippen molar-refractivity contribution < 1.29 is 5.11 Å². The molecule has 5 heteroatoms. The minimum Gasteiger partial charge on any atom is -0.396 e. The third kappa shape index (κ3) is 2.51. The van der Waals surface area contributed by atoms with E-state index >= 15 is 0 Å². The number of nitrogens with zero attached hydrogens (tertiary/aromatic N) is 4. The summed E-state index contributed by atoms with van der Waals surface area (Å²) >= 11 is 0. The zero-order valence-electron chi connectivity index (χ0n) is 10.9. The summed E-state index contributed by atoms with van der Waals surface area (Å²) in [7, 11) is 0. The van der Waals surface area contributed by atoms with Crippen molar-refractivity contribution in [3.63, 3.8) is 0 Å². The highest BCUT2D eigenvalue weighted by Crippen LogP contribution is 2.29. The number of anilines is 1. The molecule has 0 unspecified atom stereocenters. The number of rotatable bonds is 5. The highest BCUT2D eigenvalue weighted by Gasteiger charge is 2.25. The molecule has 1 aliphatic carbocycles. The summed E-state index contributed by atoms with van der Waals surface area (Å²) in [4.78, 5) is 15.4. The molecule has 2 aromatic heterocycles. The van der Waals surface area contributed by atoms with Crippen LogP contribution < -0.4 is 4.90 Å². The highest BCUT2D eigenvalue weighted by atomic mass is 16.3. The molecule has 1 N–H and O–H groups in total. The first-order valence-corrected chi connectivity index (χ1v) is 6.84. The highest BCUT2D eigenvalue weighted by molar-refractivity contribution is 5.71. The SMILES string of the molecule is OCCCN(c1ccc2nccnc2n1)C1CCC1. The first-order chi connectivity index (χ1) is 9.38. The Kier molecular flexibility index (Phi) is 3.55. The minimum atomic E-state index is 0.219. The van der Waals surface area contributed by atoms with Crippen LogP contribution in [-0.2, 0) is 0 Å². The van der Waals surface area contributed by atoms with Crippen molar-refractivity contribution in [3.05, 3.63) is 24.5 Å². The van der Waals surface area contributed by atoms with Crippen LogP contribution >= 0.6 is 0 Å². The van der Waals surface area contributed by atoms with Gasteiger partial charge in [0.05, 0.1) is 0 Å². The van der Waals surface area contributed by atoms with E-state index in [1.54, 1.807) is 12.4 Å². The van der Waals surface area contributed by atoms with Gasteiger partial charge in [0.15, 0.2) is 5.65 Å². The minimum absolute atomic E-state index is 0.219. The van der Waals surface area contributed by atoms with E-state index in [0.29, 0.717) is 11.7 Å². The van der Waals surface area contributed by atoms with Gasteiger partial charge in [0.25, 0.3) is 0 Å². The average Bonchev–Trinajstić information content (AvgIpc) is 2.40. The Hall–Kier alpha value is -1.75. The molecule has 0 bridgehead atoms. The second kappa shape index (κ2) is 5.48. The van der Waals surface area contributed by atoms with Gasteiger partial charge in [-0.3, -0.25) is 4.98 Å². The van der Waals surface area contributed by atoms with Crippen LogP contribution in [0.5, 0.6) is 0 Å². The third-order valence-corrected chi connectivity index (χ3v) is 3.68. The molecule has 19 heavy (non-hydrogen) atoms. The molecule has 100 valence electrons. The van der Waals surface area contributed by atoms with Crippen molar-refractivity contribution >= 4 is 17.0 Å². The van der Waals surface area contributed by atoms with E-state index in [0.717, 1.165) is 24.3 Å². The summed E-state index contributed by atoms with van der Waals surface area (Å²) in [6.45, 7) is 1.07. The molecule has 0 aliphatic heterocycles. The predicted molar refractivity (Wildman–Crippen MR) is 74.0 cm³/mol. The van der Waals surface area contributed by atoms with Gasteiger partial charge < -0.3 is 10.0 Å². The van der Waals surface area contributed by atoms with Gasteiger partial charge in [0.1, 0.15) is 11.3 Å².